The number of esters is 1. The molecule has 3 aromatic rings. The Morgan fingerprint density at radius 3 is 2.58 bits per heavy atom. The number of anilines is 1. The number of halogens is 1. The first-order valence-electron chi connectivity index (χ1n) is 7.77. The Balaban J connectivity index is 1.66. The molecule has 1 amide bonds. The maximum atomic E-state index is 12.8. The van der Waals surface area contributed by atoms with Gasteiger partial charge < -0.3 is 19.2 Å². The number of benzene rings is 2. The van der Waals surface area contributed by atoms with E-state index >= 15 is 0 Å². The van der Waals surface area contributed by atoms with E-state index in [0.29, 0.717) is 22.6 Å². The highest BCUT2D eigenvalue weighted by molar-refractivity contribution is 5.98. The number of hydrogen-bond donors (Lipinski definition) is 1. The zero-order valence-corrected chi connectivity index (χ0v) is 14.2. The van der Waals surface area contributed by atoms with Crippen molar-refractivity contribution in [3.63, 3.8) is 0 Å². The molecule has 0 radical (unpaired) electrons. The number of rotatable bonds is 5. The van der Waals surface area contributed by atoms with Gasteiger partial charge in [0.15, 0.2) is 6.61 Å². The summed E-state index contributed by atoms with van der Waals surface area (Å²) in [6.45, 7) is 1.23. The number of amides is 1. The lowest BCUT2D eigenvalue weighted by Gasteiger charge is -2.06. The molecule has 3 rings (SSSR count). The van der Waals surface area contributed by atoms with Gasteiger partial charge in [-0.25, -0.2) is 9.18 Å². The van der Waals surface area contributed by atoms with Crippen LogP contribution in [0.2, 0.25) is 0 Å². The van der Waals surface area contributed by atoms with E-state index in [4.69, 9.17) is 13.9 Å². The minimum atomic E-state index is -0.744. The van der Waals surface area contributed by atoms with E-state index in [1.165, 1.54) is 24.3 Å². The molecule has 0 saturated carbocycles. The number of fused-ring (bicyclic) bond motifs is 1. The van der Waals surface area contributed by atoms with E-state index in [1.54, 1.807) is 32.2 Å². The highest BCUT2D eigenvalue weighted by Crippen LogP contribution is 2.29. The Hall–Kier alpha value is -3.35. The molecule has 0 fully saturated rings. The van der Waals surface area contributed by atoms with Crippen LogP contribution in [0, 0.1) is 12.7 Å². The lowest BCUT2D eigenvalue weighted by Crippen LogP contribution is -2.21. The highest BCUT2D eigenvalue weighted by Gasteiger charge is 2.20. The van der Waals surface area contributed by atoms with Crippen LogP contribution in [0.15, 0.2) is 46.9 Å². The summed E-state index contributed by atoms with van der Waals surface area (Å²) in [7, 11) is 1.55. The molecule has 0 unspecified atom stereocenters. The topological polar surface area (TPSA) is 77.8 Å². The first-order valence-corrected chi connectivity index (χ1v) is 7.77. The quantitative estimate of drug-likeness (QED) is 0.705. The van der Waals surface area contributed by atoms with Gasteiger partial charge in [-0.15, -0.1) is 0 Å². The smallest absolute Gasteiger partial charge is 0.375 e. The maximum absolute atomic E-state index is 12.8. The van der Waals surface area contributed by atoms with Crippen LogP contribution in [-0.2, 0) is 9.53 Å². The molecule has 0 aliphatic heterocycles. The molecule has 1 heterocycles. The first-order chi connectivity index (χ1) is 12.5. The fourth-order valence-electron chi connectivity index (χ4n) is 2.45. The number of aryl methyl sites for hydroxylation is 1. The molecule has 0 spiro atoms. The van der Waals surface area contributed by atoms with Crippen molar-refractivity contribution in [1.82, 2.24) is 0 Å². The lowest BCUT2D eigenvalue weighted by molar-refractivity contribution is -0.119. The van der Waals surface area contributed by atoms with Gasteiger partial charge in [0.1, 0.15) is 17.1 Å². The molecule has 0 atom stereocenters. The summed E-state index contributed by atoms with van der Waals surface area (Å²) < 4.78 is 28.5. The van der Waals surface area contributed by atoms with Gasteiger partial charge in [-0.2, -0.15) is 0 Å². The van der Waals surface area contributed by atoms with Crippen LogP contribution in [-0.4, -0.2) is 25.6 Å². The molecule has 6 nitrogen and oxygen atoms in total. The van der Waals surface area contributed by atoms with E-state index in [2.05, 4.69) is 5.32 Å². The molecule has 26 heavy (non-hydrogen) atoms. The molecule has 134 valence electrons. The molecule has 0 bridgehead atoms. The molecule has 0 aliphatic carbocycles. The van der Waals surface area contributed by atoms with E-state index in [-0.39, 0.29) is 5.76 Å². The van der Waals surface area contributed by atoms with Crippen LogP contribution >= 0.6 is 0 Å². The molecule has 2 aromatic carbocycles. The van der Waals surface area contributed by atoms with Gasteiger partial charge in [0.05, 0.1) is 7.11 Å². The normalized spacial score (nSPS) is 10.6. The van der Waals surface area contributed by atoms with E-state index in [9.17, 15) is 14.0 Å². The predicted molar refractivity (Wildman–Crippen MR) is 92.8 cm³/mol. The Kier molecular flexibility index (Phi) is 4.88. The van der Waals surface area contributed by atoms with Crippen LogP contribution in [0.3, 0.4) is 0 Å². The van der Waals surface area contributed by atoms with Gasteiger partial charge in [0, 0.05) is 16.6 Å². The first kappa shape index (κ1) is 17.5. The van der Waals surface area contributed by atoms with Crippen molar-refractivity contribution in [2.45, 2.75) is 6.92 Å². The summed E-state index contributed by atoms with van der Waals surface area (Å²) in [5, 5.41) is 3.23. The summed E-state index contributed by atoms with van der Waals surface area (Å²) in [5.41, 5.74) is 1.52. The Labute approximate surface area is 148 Å². The van der Waals surface area contributed by atoms with E-state index in [1.807, 2.05) is 0 Å². The fraction of sp³-hybridized carbons (Fsp3) is 0.158. The predicted octanol–water partition coefficient (Wildman–Crippen LogP) is 3.68. The second-order valence-corrected chi connectivity index (χ2v) is 5.55. The fourth-order valence-corrected chi connectivity index (χ4v) is 2.45. The number of nitrogens with one attached hydrogen (secondary N) is 1. The molecule has 1 aromatic heterocycles. The third kappa shape index (κ3) is 3.66. The Morgan fingerprint density at radius 1 is 1.15 bits per heavy atom. The van der Waals surface area contributed by atoms with Crippen LogP contribution in [0.1, 0.15) is 16.1 Å². The van der Waals surface area contributed by atoms with Crippen LogP contribution in [0.25, 0.3) is 11.0 Å². The summed E-state index contributed by atoms with van der Waals surface area (Å²) in [4.78, 5) is 24.1. The number of carbonyl (C=O) groups excluding carboxylic acids is 2. The summed E-state index contributed by atoms with van der Waals surface area (Å²) >= 11 is 0. The number of hydrogen-bond acceptors (Lipinski definition) is 5. The van der Waals surface area contributed by atoms with Crippen molar-refractivity contribution < 1.29 is 27.9 Å². The Morgan fingerprint density at radius 2 is 1.88 bits per heavy atom. The molecule has 0 aliphatic rings. The van der Waals surface area contributed by atoms with Gasteiger partial charge in [0.2, 0.25) is 5.76 Å². The summed E-state index contributed by atoms with van der Waals surface area (Å²) in [6, 6.07) is 10.4. The number of carbonyl (C=O) groups is 2. The maximum Gasteiger partial charge on any atom is 0.375 e. The third-order valence-corrected chi connectivity index (χ3v) is 3.79. The lowest BCUT2D eigenvalue weighted by atomic mass is 10.1. The average Bonchev–Trinajstić information content (AvgIpc) is 2.98. The third-order valence-electron chi connectivity index (χ3n) is 3.79. The second-order valence-electron chi connectivity index (χ2n) is 5.55. The van der Waals surface area contributed by atoms with E-state index < -0.39 is 24.3 Å². The second kappa shape index (κ2) is 7.26. The number of methoxy groups -OCH3 is 1. The zero-order chi connectivity index (χ0) is 18.7. The Bertz CT molecular complexity index is 962. The minimum Gasteiger partial charge on any atom is -0.497 e. The van der Waals surface area contributed by atoms with Crippen LogP contribution < -0.4 is 10.1 Å². The van der Waals surface area contributed by atoms with Gasteiger partial charge >= 0.3 is 5.97 Å². The SMILES string of the molecule is COc1ccc2oc(C(=O)OCC(=O)Nc3ccc(F)cc3)c(C)c2c1. The van der Waals surface area contributed by atoms with Crippen molar-refractivity contribution >= 4 is 28.5 Å². The summed E-state index contributed by atoms with van der Waals surface area (Å²) in [6.07, 6.45) is 0. The van der Waals surface area contributed by atoms with Gasteiger partial charge in [-0.3, -0.25) is 4.79 Å². The molecule has 0 saturated heterocycles. The van der Waals surface area contributed by atoms with Crippen molar-refractivity contribution in [1.29, 1.82) is 0 Å². The van der Waals surface area contributed by atoms with Crippen LogP contribution in [0.4, 0.5) is 10.1 Å². The van der Waals surface area contributed by atoms with Crippen LogP contribution in [0.5, 0.6) is 5.75 Å². The summed E-state index contributed by atoms with van der Waals surface area (Å²) in [5.74, 6) is -1.03. The van der Waals surface area contributed by atoms with Crippen molar-refractivity contribution in [3.05, 3.63) is 59.6 Å². The van der Waals surface area contributed by atoms with E-state index in [0.717, 1.165) is 5.39 Å². The number of furan rings is 1. The molecular weight excluding hydrogens is 341 g/mol. The monoisotopic (exact) mass is 357 g/mol. The van der Waals surface area contributed by atoms with Gasteiger partial charge in [-0.1, -0.05) is 0 Å². The van der Waals surface area contributed by atoms with Crippen molar-refractivity contribution in [3.8, 4) is 5.75 Å². The number of ether oxygens (including phenoxy) is 2. The minimum absolute atomic E-state index is 0.0304. The van der Waals surface area contributed by atoms with Gasteiger partial charge in [0.25, 0.3) is 5.91 Å². The van der Waals surface area contributed by atoms with Gasteiger partial charge in [-0.05, 0) is 49.4 Å². The largest absolute Gasteiger partial charge is 0.497 e. The zero-order valence-electron chi connectivity index (χ0n) is 14.2. The molecular formula is C19H16FNO5. The van der Waals surface area contributed by atoms with Crippen molar-refractivity contribution in [2.24, 2.45) is 0 Å². The van der Waals surface area contributed by atoms with Crippen molar-refractivity contribution in [2.75, 3.05) is 19.0 Å². The molecule has 7 heteroatoms. The highest BCUT2D eigenvalue weighted by atomic mass is 19.1. The molecule has 1 N–H and O–H groups in total. The average molecular weight is 357 g/mol. The standard InChI is InChI=1S/C19H16FNO5/c1-11-15-9-14(24-2)7-8-16(15)26-18(11)19(23)25-10-17(22)21-13-5-3-12(20)4-6-13/h3-9H,10H2,1-2H3,(H,21,22).